The van der Waals surface area contributed by atoms with Crippen molar-refractivity contribution in [2.45, 2.75) is 25.9 Å². The van der Waals surface area contributed by atoms with Crippen molar-refractivity contribution in [1.82, 2.24) is 5.32 Å². The Kier molecular flexibility index (Phi) is 6.06. The number of ether oxygens (including phenoxy) is 2. The molecular weight excluding hydrogens is 340 g/mol. The SMILES string of the molecule is COc1ccc(CNC(N)=NCc2ccc3c(c2)CCCN3C)cc1OC. The van der Waals surface area contributed by atoms with Crippen LogP contribution < -0.4 is 25.4 Å². The summed E-state index contributed by atoms with van der Waals surface area (Å²) in [5.74, 6) is 1.84. The minimum absolute atomic E-state index is 0.430. The van der Waals surface area contributed by atoms with E-state index in [9.17, 15) is 0 Å². The predicted molar refractivity (Wildman–Crippen MR) is 110 cm³/mol. The zero-order valence-electron chi connectivity index (χ0n) is 16.3. The van der Waals surface area contributed by atoms with Crippen molar-refractivity contribution in [1.29, 1.82) is 0 Å². The predicted octanol–water partition coefficient (Wildman–Crippen LogP) is 2.69. The lowest BCUT2D eigenvalue weighted by Gasteiger charge is -2.27. The Morgan fingerprint density at radius 2 is 1.89 bits per heavy atom. The van der Waals surface area contributed by atoms with Gasteiger partial charge in [0.1, 0.15) is 0 Å². The summed E-state index contributed by atoms with van der Waals surface area (Å²) in [6, 6.07) is 12.3. The van der Waals surface area contributed by atoms with E-state index in [0.717, 1.165) is 18.5 Å². The molecule has 144 valence electrons. The van der Waals surface area contributed by atoms with Gasteiger partial charge in [-0.1, -0.05) is 18.2 Å². The number of aliphatic imine (C=N–C) groups is 1. The van der Waals surface area contributed by atoms with Crippen LogP contribution in [-0.4, -0.2) is 33.8 Å². The molecule has 1 aliphatic heterocycles. The van der Waals surface area contributed by atoms with Crippen LogP contribution in [0.25, 0.3) is 0 Å². The van der Waals surface area contributed by atoms with Gasteiger partial charge < -0.3 is 25.4 Å². The van der Waals surface area contributed by atoms with Crippen molar-refractivity contribution < 1.29 is 9.47 Å². The summed E-state index contributed by atoms with van der Waals surface area (Å²) in [7, 11) is 5.40. The molecule has 1 aliphatic rings. The number of hydrogen-bond acceptors (Lipinski definition) is 4. The summed E-state index contributed by atoms with van der Waals surface area (Å²) in [6.45, 7) is 2.27. The second-order valence-corrected chi connectivity index (χ2v) is 6.73. The van der Waals surface area contributed by atoms with Gasteiger partial charge in [-0.3, -0.25) is 0 Å². The smallest absolute Gasteiger partial charge is 0.189 e. The molecule has 0 bridgehead atoms. The van der Waals surface area contributed by atoms with Crippen molar-refractivity contribution >= 4 is 11.6 Å². The maximum absolute atomic E-state index is 6.03. The fourth-order valence-corrected chi connectivity index (χ4v) is 3.35. The van der Waals surface area contributed by atoms with Crippen LogP contribution in [0.3, 0.4) is 0 Å². The molecule has 6 heteroatoms. The first-order chi connectivity index (χ1) is 13.1. The van der Waals surface area contributed by atoms with Crippen LogP contribution in [0.4, 0.5) is 5.69 Å². The molecular formula is C21H28N4O2. The van der Waals surface area contributed by atoms with Crippen LogP contribution in [0.5, 0.6) is 11.5 Å². The molecule has 3 N–H and O–H groups in total. The standard InChI is InChI=1S/C21H28N4O2/c1-25-10-4-5-17-11-15(6-8-18(17)25)13-23-21(22)24-14-16-7-9-19(26-2)20(12-16)27-3/h6-9,11-12H,4-5,10,13-14H2,1-3H3,(H3,22,23,24). The summed E-state index contributed by atoms with van der Waals surface area (Å²) in [6.07, 6.45) is 2.33. The van der Waals surface area contributed by atoms with Crippen LogP contribution in [0, 0.1) is 0 Å². The van der Waals surface area contributed by atoms with Crippen molar-refractivity contribution in [3.8, 4) is 11.5 Å². The van der Waals surface area contributed by atoms with Crippen LogP contribution in [-0.2, 0) is 19.5 Å². The number of rotatable bonds is 6. The number of anilines is 1. The summed E-state index contributed by atoms with van der Waals surface area (Å²) in [5.41, 5.74) is 11.0. The Morgan fingerprint density at radius 1 is 1.11 bits per heavy atom. The normalized spacial score (nSPS) is 13.9. The number of nitrogens with two attached hydrogens (primary N) is 1. The molecule has 0 fully saturated rings. The second kappa shape index (κ2) is 8.66. The lowest BCUT2D eigenvalue weighted by atomic mass is 10.00. The first-order valence-corrected chi connectivity index (χ1v) is 9.18. The van der Waals surface area contributed by atoms with Crippen LogP contribution in [0.1, 0.15) is 23.1 Å². The monoisotopic (exact) mass is 368 g/mol. The number of nitrogens with zero attached hydrogens (tertiary/aromatic N) is 2. The van der Waals surface area contributed by atoms with E-state index in [1.165, 1.54) is 23.2 Å². The second-order valence-electron chi connectivity index (χ2n) is 6.73. The van der Waals surface area contributed by atoms with Crippen LogP contribution in [0.15, 0.2) is 41.4 Å². The third-order valence-corrected chi connectivity index (χ3v) is 4.85. The van der Waals surface area contributed by atoms with E-state index in [4.69, 9.17) is 15.2 Å². The van der Waals surface area contributed by atoms with E-state index >= 15 is 0 Å². The van der Waals surface area contributed by atoms with Gasteiger partial charge in [0.05, 0.1) is 20.8 Å². The average molecular weight is 368 g/mol. The zero-order valence-corrected chi connectivity index (χ0v) is 16.3. The third-order valence-electron chi connectivity index (χ3n) is 4.85. The van der Waals surface area contributed by atoms with E-state index in [-0.39, 0.29) is 0 Å². The van der Waals surface area contributed by atoms with Crippen molar-refractivity contribution in [3.05, 3.63) is 53.1 Å². The highest BCUT2D eigenvalue weighted by molar-refractivity contribution is 5.77. The largest absolute Gasteiger partial charge is 0.493 e. The van der Waals surface area contributed by atoms with E-state index in [0.29, 0.717) is 30.5 Å². The number of nitrogens with one attached hydrogen (secondary N) is 1. The first-order valence-electron chi connectivity index (χ1n) is 9.18. The molecule has 0 saturated carbocycles. The molecule has 0 saturated heterocycles. The number of methoxy groups -OCH3 is 2. The molecule has 0 spiro atoms. The fraction of sp³-hybridized carbons (Fsp3) is 0.381. The lowest BCUT2D eigenvalue weighted by Crippen LogP contribution is -2.31. The van der Waals surface area contributed by atoms with Gasteiger partial charge in [0.2, 0.25) is 0 Å². The molecule has 6 nitrogen and oxygen atoms in total. The van der Waals surface area contributed by atoms with Gasteiger partial charge in [0.15, 0.2) is 17.5 Å². The Labute approximate surface area is 161 Å². The summed E-state index contributed by atoms with van der Waals surface area (Å²) in [5, 5.41) is 3.15. The van der Waals surface area contributed by atoms with E-state index < -0.39 is 0 Å². The number of hydrogen-bond donors (Lipinski definition) is 2. The number of benzene rings is 2. The lowest BCUT2D eigenvalue weighted by molar-refractivity contribution is 0.354. The Balaban J connectivity index is 1.58. The molecule has 0 amide bonds. The van der Waals surface area contributed by atoms with E-state index in [2.05, 4.69) is 40.5 Å². The van der Waals surface area contributed by atoms with E-state index in [1.54, 1.807) is 14.2 Å². The molecule has 0 unspecified atom stereocenters. The number of guanidine groups is 1. The van der Waals surface area contributed by atoms with Gasteiger partial charge in [-0.15, -0.1) is 0 Å². The van der Waals surface area contributed by atoms with Crippen LogP contribution in [0.2, 0.25) is 0 Å². The topological polar surface area (TPSA) is 72.1 Å². The minimum atomic E-state index is 0.430. The molecule has 0 aliphatic carbocycles. The van der Waals surface area contributed by atoms with Crippen LogP contribution >= 0.6 is 0 Å². The van der Waals surface area contributed by atoms with Crippen molar-refractivity contribution in [2.75, 3.05) is 32.7 Å². The van der Waals surface area contributed by atoms with Gasteiger partial charge in [-0.05, 0) is 47.7 Å². The van der Waals surface area contributed by atoms with Crippen molar-refractivity contribution in [3.63, 3.8) is 0 Å². The highest BCUT2D eigenvalue weighted by Gasteiger charge is 2.13. The molecule has 27 heavy (non-hydrogen) atoms. The number of aryl methyl sites for hydroxylation is 1. The summed E-state index contributed by atoms with van der Waals surface area (Å²) >= 11 is 0. The maximum Gasteiger partial charge on any atom is 0.189 e. The molecule has 2 aromatic rings. The molecule has 1 heterocycles. The molecule has 0 atom stereocenters. The zero-order chi connectivity index (χ0) is 19.2. The Bertz CT molecular complexity index is 820. The highest BCUT2D eigenvalue weighted by Crippen LogP contribution is 2.28. The van der Waals surface area contributed by atoms with Gasteiger partial charge in [0.25, 0.3) is 0 Å². The summed E-state index contributed by atoms with van der Waals surface area (Å²) < 4.78 is 10.6. The minimum Gasteiger partial charge on any atom is -0.493 e. The molecule has 3 rings (SSSR count). The van der Waals surface area contributed by atoms with Gasteiger partial charge in [-0.2, -0.15) is 0 Å². The number of fused-ring (bicyclic) bond motifs is 1. The van der Waals surface area contributed by atoms with Gasteiger partial charge in [-0.25, -0.2) is 4.99 Å². The highest BCUT2D eigenvalue weighted by atomic mass is 16.5. The Hall–Kier alpha value is -2.89. The fourth-order valence-electron chi connectivity index (χ4n) is 3.35. The van der Waals surface area contributed by atoms with Crippen molar-refractivity contribution in [2.24, 2.45) is 10.7 Å². The maximum atomic E-state index is 6.03. The molecule has 2 aromatic carbocycles. The molecule has 0 aromatic heterocycles. The average Bonchev–Trinajstić information content (AvgIpc) is 2.70. The van der Waals surface area contributed by atoms with Gasteiger partial charge >= 0.3 is 0 Å². The summed E-state index contributed by atoms with van der Waals surface area (Å²) in [4.78, 5) is 6.78. The Morgan fingerprint density at radius 3 is 2.67 bits per heavy atom. The van der Waals surface area contributed by atoms with E-state index in [1.807, 2.05) is 18.2 Å². The molecule has 0 radical (unpaired) electrons. The quantitative estimate of drug-likeness (QED) is 0.606. The van der Waals surface area contributed by atoms with Gasteiger partial charge in [0, 0.05) is 25.8 Å². The first kappa shape index (κ1) is 18.9. The third kappa shape index (κ3) is 4.64.